The van der Waals surface area contributed by atoms with E-state index in [0.29, 0.717) is 17.7 Å². The number of carbonyl (C=O) groups is 2. The molecule has 25 heavy (non-hydrogen) atoms. The van der Waals surface area contributed by atoms with Gasteiger partial charge in [-0.05, 0) is 30.5 Å². The highest BCUT2D eigenvalue weighted by atomic mass is 16.5. The maximum absolute atomic E-state index is 12.3. The Morgan fingerprint density at radius 1 is 1.36 bits per heavy atom. The van der Waals surface area contributed by atoms with E-state index in [4.69, 9.17) is 10.00 Å². The molecule has 0 spiro atoms. The summed E-state index contributed by atoms with van der Waals surface area (Å²) in [4.78, 5) is 24.4. The van der Waals surface area contributed by atoms with Gasteiger partial charge in [-0.15, -0.1) is 0 Å². The summed E-state index contributed by atoms with van der Waals surface area (Å²) in [7, 11) is 3.03. The molecule has 0 saturated carbocycles. The number of benzene rings is 1. The van der Waals surface area contributed by atoms with Gasteiger partial charge in [-0.1, -0.05) is 24.3 Å². The van der Waals surface area contributed by atoms with Crippen molar-refractivity contribution in [3.8, 4) is 6.07 Å². The second kappa shape index (κ2) is 8.15. The Hall–Kier alpha value is -3.07. The molecule has 1 N–H and O–H groups in total. The number of nitrogens with zero attached hydrogens (tertiary/aromatic N) is 2. The molecule has 130 valence electrons. The van der Waals surface area contributed by atoms with Gasteiger partial charge in [-0.2, -0.15) is 5.26 Å². The van der Waals surface area contributed by atoms with Gasteiger partial charge in [0.15, 0.2) is 0 Å². The molecule has 0 aliphatic rings. The van der Waals surface area contributed by atoms with Crippen LogP contribution < -0.4 is 5.32 Å². The van der Waals surface area contributed by atoms with Gasteiger partial charge in [-0.25, -0.2) is 0 Å². The first-order valence-electron chi connectivity index (χ1n) is 7.93. The van der Waals surface area contributed by atoms with Crippen molar-refractivity contribution >= 4 is 11.9 Å². The number of aryl methyl sites for hydroxylation is 2. The summed E-state index contributed by atoms with van der Waals surface area (Å²) in [6.07, 6.45) is 2.07. The number of carbonyl (C=O) groups excluding carboxylic acids is 2. The van der Waals surface area contributed by atoms with Crippen LogP contribution >= 0.6 is 0 Å². The number of amides is 1. The summed E-state index contributed by atoms with van der Waals surface area (Å²) < 4.78 is 6.45. The molecule has 1 heterocycles. The van der Waals surface area contributed by atoms with Crippen molar-refractivity contribution in [2.75, 3.05) is 13.7 Å². The lowest BCUT2D eigenvalue weighted by molar-refractivity contribution is -0.145. The van der Waals surface area contributed by atoms with Gasteiger partial charge in [0.05, 0.1) is 18.6 Å². The highest BCUT2D eigenvalue weighted by molar-refractivity contribution is 5.93. The fraction of sp³-hybridized carbons (Fsp3) is 0.316. The molecule has 0 unspecified atom stereocenters. The van der Waals surface area contributed by atoms with Crippen molar-refractivity contribution in [3.05, 3.63) is 58.9 Å². The summed E-state index contributed by atoms with van der Waals surface area (Å²) in [5.74, 6) is -1.18. The topological polar surface area (TPSA) is 84.1 Å². The van der Waals surface area contributed by atoms with Crippen molar-refractivity contribution < 1.29 is 14.3 Å². The quantitative estimate of drug-likeness (QED) is 0.816. The third-order valence-electron chi connectivity index (χ3n) is 4.14. The molecular weight excluding hydrogens is 318 g/mol. The summed E-state index contributed by atoms with van der Waals surface area (Å²) >= 11 is 0. The van der Waals surface area contributed by atoms with Crippen LogP contribution in [0, 0.1) is 24.2 Å². The Morgan fingerprint density at radius 2 is 2.08 bits per heavy atom. The molecule has 6 nitrogen and oxygen atoms in total. The molecular formula is C19H21N3O3. The maximum Gasteiger partial charge on any atom is 0.310 e. The molecule has 6 heteroatoms. The van der Waals surface area contributed by atoms with Crippen LogP contribution in [0.2, 0.25) is 0 Å². The lowest BCUT2D eigenvalue weighted by atomic mass is 9.96. The number of nitrogens with one attached hydrogen (secondary N) is 1. The van der Waals surface area contributed by atoms with E-state index in [-0.39, 0.29) is 18.4 Å². The minimum absolute atomic E-state index is 0.160. The zero-order valence-corrected chi connectivity index (χ0v) is 14.6. The second-order valence-corrected chi connectivity index (χ2v) is 5.90. The van der Waals surface area contributed by atoms with E-state index in [2.05, 4.69) is 5.32 Å². The highest BCUT2D eigenvalue weighted by Crippen LogP contribution is 2.14. The average molecular weight is 339 g/mol. The first-order valence-corrected chi connectivity index (χ1v) is 7.93. The van der Waals surface area contributed by atoms with Gasteiger partial charge < -0.3 is 14.6 Å². The van der Waals surface area contributed by atoms with Gasteiger partial charge in [-0.3, -0.25) is 9.59 Å². The van der Waals surface area contributed by atoms with Gasteiger partial charge in [0.25, 0.3) is 5.91 Å². The molecule has 0 aliphatic heterocycles. The van der Waals surface area contributed by atoms with Gasteiger partial charge in [0.2, 0.25) is 0 Å². The number of methoxy groups -OCH3 is 1. The van der Waals surface area contributed by atoms with Crippen molar-refractivity contribution in [1.29, 1.82) is 5.26 Å². The Bertz CT molecular complexity index is 818. The molecule has 1 amide bonds. The lowest BCUT2D eigenvalue weighted by Crippen LogP contribution is -2.35. The van der Waals surface area contributed by atoms with Crippen LogP contribution in [0.4, 0.5) is 0 Å². The molecule has 1 aromatic heterocycles. The fourth-order valence-corrected chi connectivity index (χ4v) is 2.67. The van der Waals surface area contributed by atoms with E-state index in [1.807, 2.05) is 37.3 Å². The smallest absolute Gasteiger partial charge is 0.310 e. The molecule has 2 rings (SSSR count). The third kappa shape index (κ3) is 4.48. The molecule has 0 fully saturated rings. The SMILES string of the molecule is COC(=O)[C@@H](CNC(=O)c1cc(C#N)cn1C)Cc1ccccc1C. The van der Waals surface area contributed by atoms with Crippen molar-refractivity contribution in [3.63, 3.8) is 0 Å². The minimum atomic E-state index is -0.481. The Labute approximate surface area is 147 Å². The molecule has 0 aliphatic carbocycles. The number of rotatable bonds is 6. The van der Waals surface area contributed by atoms with Gasteiger partial charge in [0.1, 0.15) is 11.8 Å². The Kier molecular flexibility index (Phi) is 5.96. The molecule has 2 aromatic rings. The predicted molar refractivity (Wildman–Crippen MR) is 92.9 cm³/mol. The number of aromatic nitrogens is 1. The molecule has 1 aromatic carbocycles. The molecule has 0 saturated heterocycles. The standard InChI is InChI=1S/C19H21N3O3/c1-13-6-4-5-7-15(13)9-16(19(24)25-3)11-21-18(23)17-8-14(10-20)12-22(17)2/h4-8,12,16H,9,11H2,1-3H3,(H,21,23)/t16-/m1/s1. The first kappa shape index (κ1) is 18.3. The third-order valence-corrected chi connectivity index (χ3v) is 4.14. The van der Waals surface area contributed by atoms with Crippen molar-refractivity contribution in [2.45, 2.75) is 13.3 Å². The molecule has 1 atom stereocenters. The summed E-state index contributed by atoms with van der Waals surface area (Å²) in [6.45, 7) is 2.14. The van der Waals surface area contributed by atoms with E-state index >= 15 is 0 Å². The van der Waals surface area contributed by atoms with Gasteiger partial charge in [0, 0.05) is 19.8 Å². The van der Waals surface area contributed by atoms with Crippen LogP contribution in [0.25, 0.3) is 0 Å². The van der Waals surface area contributed by atoms with Crippen LogP contribution in [0.3, 0.4) is 0 Å². The van der Waals surface area contributed by atoms with Crippen LogP contribution in [0.5, 0.6) is 0 Å². The zero-order valence-electron chi connectivity index (χ0n) is 14.6. The lowest BCUT2D eigenvalue weighted by Gasteiger charge is -2.17. The minimum Gasteiger partial charge on any atom is -0.469 e. The fourth-order valence-electron chi connectivity index (χ4n) is 2.67. The molecule has 0 radical (unpaired) electrons. The van der Waals surface area contributed by atoms with Crippen LogP contribution in [-0.2, 0) is 23.0 Å². The van der Waals surface area contributed by atoms with Gasteiger partial charge >= 0.3 is 5.97 Å². The number of esters is 1. The summed E-state index contributed by atoms with van der Waals surface area (Å²) in [5.41, 5.74) is 2.91. The number of hydrogen-bond acceptors (Lipinski definition) is 4. The monoisotopic (exact) mass is 339 g/mol. The van der Waals surface area contributed by atoms with Crippen LogP contribution in [0.1, 0.15) is 27.2 Å². The second-order valence-electron chi connectivity index (χ2n) is 5.90. The normalized spacial score (nSPS) is 11.4. The Balaban J connectivity index is 2.08. The molecule has 0 bridgehead atoms. The van der Waals surface area contributed by atoms with Crippen LogP contribution in [-0.4, -0.2) is 30.1 Å². The van der Waals surface area contributed by atoms with E-state index < -0.39 is 5.92 Å². The summed E-state index contributed by atoms with van der Waals surface area (Å²) in [6, 6.07) is 11.3. The van der Waals surface area contributed by atoms with E-state index in [1.165, 1.54) is 13.2 Å². The van der Waals surface area contributed by atoms with E-state index in [1.54, 1.807) is 17.8 Å². The van der Waals surface area contributed by atoms with Crippen LogP contribution in [0.15, 0.2) is 36.5 Å². The first-order chi connectivity index (χ1) is 12.0. The summed E-state index contributed by atoms with van der Waals surface area (Å²) in [5, 5.41) is 11.7. The average Bonchev–Trinajstić information content (AvgIpc) is 3.00. The van der Waals surface area contributed by atoms with Crippen molar-refractivity contribution in [1.82, 2.24) is 9.88 Å². The largest absolute Gasteiger partial charge is 0.469 e. The number of ether oxygens (including phenoxy) is 1. The van der Waals surface area contributed by atoms with Crippen molar-refractivity contribution in [2.24, 2.45) is 13.0 Å². The van der Waals surface area contributed by atoms with E-state index in [9.17, 15) is 9.59 Å². The number of nitriles is 1. The Morgan fingerprint density at radius 3 is 2.68 bits per heavy atom. The highest BCUT2D eigenvalue weighted by Gasteiger charge is 2.22. The van der Waals surface area contributed by atoms with E-state index in [0.717, 1.165) is 11.1 Å². The maximum atomic E-state index is 12.3. The predicted octanol–water partition coefficient (Wildman–Crippen LogP) is 1.97. The number of hydrogen-bond donors (Lipinski definition) is 1. The zero-order chi connectivity index (χ0) is 18.4.